The van der Waals surface area contributed by atoms with Crippen molar-refractivity contribution in [3.63, 3.8) is 0 Å². The Kier molecular flexibility index (Phi) is 2.82. The van der Waals surface area contributed by atoms with Crippen LogP contribution in [0.25, 0.3) is 11.4 Å². The molecule has 2 aromatic rings. The van der Waals surface area contributed by atoms with Crippen molar-refractivity contribution in [1.82, 2.24) is 15.1 Å². The molecule has 0 unspecified atom stereocenters. The van der Waals surface area contributed by atoms with E-state index in [1.54, 1.807) is 25.4 Å². The van der Waals surface area contributed by atoms with Crippen LogP contribution >= 0.6 is 11.6 Å². The summed E-state index contributed by atoms with van der Waals surface area (Å²) in [5.41, 5.74) is 0.760. The maximum absolute atomic E-state index is 5.54. The standard InChI is InChI=1S/C9H8ClN3O2/c1-14-7-3-2-6(5-11-7)9-12-8(4-10)15-13-9/h2-3,5H,4H2,1H3. The van der Waals surface area contributed by atoms with E-state index in [-0.39, 0.29) is 5.88 Å². The average molecular weight is 226 g/mol. The lowest BCUT2D eigenvalue weighted by Gasteiger charge is -1.97. The largest absolute Gasteiger partial charge is 0.481 e. The second kappa shape index (κ2) is 4.27. The molecule has 0 fully saturated rings. The maximum atomic E-state index is 5.54. The van der Waals surface area contributed by atoms with Gasteiger partial charge in [-0.3, -0.25) is 0 Å². The van der Waals surface area contributed by atoms with E-state index < -0.39 is 0 Å². The number of hydrogen-bond donors (Lipinski definition) is 0. The minimum atomic E-state index is 0.205. The van der Waals surface area contributed by atoms with Crippen molar-refractivity contribution < 1.29 is 9.26 Å². The number of alkyl halides is 1. The van der Waals surface area contributed by atoms with Crippen molar-refractivity contribution >= 4 is 11.6 Å². The Bertz CT molecular complexity index is 441. The SMILES string of the molecule is COc1ccc(-c2noc(CCl)n2)cn1. The third-order valence-electron chi connectivity index (χ3n) is 1.79. The average Bonchev–Trinajstić information content (AvgIpc) is 2.78. The summed E-state index contributed by atoms with van der Waals surface area (Å²) in [5.74, 6) is 1.61. The molecular weight excluding hydrogens is 218 g/mol. The molecule has 2 aromatic heterocycles. The van der Waals surface area contributed by atoms with Crippen LogP contribution in [0.4, 0.5) is 0 Å². The number of aromatic nitrogens is 3. The normalized spacial score (nSPS) is 10.3. The molecule has 0 aliphatic rings. The predicted molar refractivity (Wildman–Crippen MR) is 53.6 cm³/mol. The van der Waals surface area contributed by atoms with Gasteiger partial charge in [-0.1, -0.05) is 5.16 Å². The summed E-state index contributed by atoms with van der Waals surface area (Å²) in [5, 5.41) is 3.76. The highest BCUT2D eigenvalue weighted by Crippen LogP contribution is 2.17. The highest BCUT2D eigenvalue weighted by Gasteiger charge is 2.07. The molecule has 0 saturated heterocycles. The molecule has 0 aromatic carbocycles. The van der Waals surface area contributed by atoms with Gasteiger partial charge in [0, 0.05) is 17.8 Å². The second-order valence-corrected chi connectivity index (χ2v) is 3.00. The molecule has 15 heavy (non-hydrogen) atoms. The molecule has 0 saturated carbocycles. The molecule has 2 heterocycles. The molecule has 78 valence electrons. The molecule has 0 N–H and O–H groups in total. The van der Waals surface area contributed by atoms with Gasteiger partial charge in [-0.05, 0) is 6.07 Å². The summed E-state index contributed by atoms with van der Waals surface area (Å²) in [6.07, 6.45) is 1.61. The van der Waals surface area contributed by atoms with Crippen molar-refractivity contribution in [2.24, 2.45) is 0 Å². The summed E-state index contributed by atoms with van der Waals surface area (Å²) >= 11 is 5.54. The first-order valence-electron chi connectivity index (χ1n) is 4.22. The van der Waals surface area contributed by atoms with E-state index in [1.165, 1.54) is 0 Å². The zero-order valence-electron chi connectivity index (χ0n) is 7.98. The van der Waals surface area contributed by atoms with Crippen molar-refractivity contribution in [1.29, 1.82) is 0 Å². The van der Waals surface area contributed by atoms with Crippen LogP contribution in [-0.2, 0) is 5.88 Å². The lowest BCUT2D eigenvalue weighted by atomic mass is 10.3. The third kappa shape index (κ3) is 2.07. The Morgan fingerprint density at radius 2 is 2.33 bits per heavy atom. The highest BCUT2D eigenvalue weighted by atomic mass is 35.5. The topological polar surface area (TPSA) is 61.0 Å². The Morgan fingerprint density at radius 1 is 1.47 bits per heavy atom. The Balaban J connectivity index is 2.28. The third-order valence-corrected chi connectivity index (χ3v) is 2.01. The molecule has 0 atom stereocenters. The summed E-state index contributed by atoms with van der Waals surface area (Å²) < 4.78 is 9.81. The van der Waals surface area contributed by atoms with E-state index in [4.69, 9.17) is 20.9 Å². The number of halogens is 1. The molecule has 0 bridgehead atoms. The Hall–Kier alpha value is -1.62. The molecular formula is C9H8ClN3O2. The summed E-state index contributed by atoms with van der Waals surface area (Å²) in [7, 11) is 1.56. The van der Waals surface area contributed by atoms with Crippen LogP contribution in [0.2, 0.25) is 0 Å². The summed E-state index contributed by atoms with van der Waals surface area (Å²) in [6, 6.07) is 3.53. The first-order chi connectivity index (χ1) is 7.33. The minimum Gasteiger partial charge on any atom is -0.481 e. The van der Waals surface area contributed by atoms with Crippen molar-refractivity contribution in [2.75, 3.05) is 7.11 Å². The van der Waals surface area contributed by atoms with Crippen LogP contribution in [0, 0.1) is 0 Å². The van der Waals surface area contributed by atoms with E-state index in [9.17, 15) is 0 Å². The van der Waals surface area contributed by atoms with Gasteiger partial charge in [0.1, 0.15) is 5.88 Å². The first kappa shape index (κ1) is 9.92. The van der Waals surface area contributed by atoms with Crippen LogP contribution in [0.5, 0.6) is 5.88 Å². The van der Waals surface area contributed by atoms with E-state index >= 15 is 0 Å². The lowest BCUT2D eigenvalue weighted by Crippen LogP contribution is -1.88. The van der Waals surface area contributed by atoms with Gasteiger partial charge in [0.05, 0.1) is 7.11 Å². The molecule has 6 heteroatoms. The number of nitrogens with zero attached hydrogens (tertiary/aromatic N) is 3. The lowest BCUT2D eigenvalue weighted by molar-refractivity contribution is 0.390. The van der Waals surface area contributed by atoms with Crippen LogP contribution < -0.4 is 4.74 Å². The fourth-order valence-electron chi connectivity index (χ4n) is 1.06. The van der Waals surface area contributed by atoms with Gasteiger partial charge >= 0.3 is 0 Å². The first-order valence-corrected chi connectivity index (χ1v) is 4.76. The van der Waals surface area contributed by atoms with Crippen molar-refractivity contribution in [3.8, 4) is 17.3 Å². The number of methoxy groups -OCH3 is 1. The van der Waals surface area contributed by atoms with Crippen LogP contribution in [0.3, 0.4) is 0 Å². The molecule has 0 aliphatic carbocycles. The van der Waals surface area contributed by atoms with Gasteiger partial charge in [0.15, 0.2) is 0 Å². The van der Waals surface area contributed by atoms with Gasteiger partial charge in [-0.25, -0.2) is 4.98 Å². The Morgan fingerprint density at radius 3 is 2.87 bits per heavy atom. The zero-order chi connectivity index (χ0) is 10.7. The fraction of sp³-hybridized carbons (Fsp3) is 0.222. The van der Waals surface area contributed by atoms with E-state index in [0.29, 0.717) is 17.6 Å². The minimum absolute atomic E-state index is 0.205. The van der Waals surface area contributed by atoms with Gasteiger partial charge in [-0.2, -0.15) is 4.98 Å². The van der Waals surface area contributed by atoms with Crippen LogP contribution in [0.1, 0.15) is 5.89 Å². The summed E-state index contributed by atoms with van der Waals surface area (Å²) in [4.78, 5) is 8.10. The van der Waals surface area contributed by atoms with Crippen molar-refractivity contribution in [2.45, 2.75) is 5.88 Å². The molecule has 0 radical (unpaired) electrons. The van der Waals surface area contributed by atoms with Crippen LogP contribution in [0.15, 0.2) is 22.9 Å². The molecule has 0 amide bonds. The van der Waals surface area contributed by atoms with E-state index in [0.717, 1.165) is 5.56 Å². The number of pyridine rings is 1. The fourth-order valence-corrected chi connectivity index (χ4v) is 1.17. The molecule has 0 spiro atoms. The second-order valence-electron chi connectivity index (χ2n) is 2.73. The monoisotopic (exact) mass is 225 g/mol. The highest BCUT2D eigenvalue weighted by molar-refractivity contribution is 6.16. The van der Waals surface area contributed by atoms with Crippen LogP contribution in [-0.4, -0.2) is 22.2 Å². The van der Waals surface area contributed by atoms with Gasteiger partial charge in [-0.15, -0.1) is 11.6 Å². The Labute approximate surface area is 91.0 Å². The van der Waals surface area contributed by atoms with Gasteiger partial charge < -0.3 is 9.26 Å². The number of hydrogen-bond acceptors (Lipinski definition) is 5. The van der Waals surface area contributed by atoms with Gasteiger partial charge in [0.2, 0.25) is 17.6 Å². The number of ether oxygens (including phenoxy) is 1. The molecule has 2 rings (SSSR count). The molecule has 5 nitrogen and oxygen atoms in total. The summed E-state index contributed by atoms with van der Waals surface area (Å²) in [6.45, 7) is 0. The predicted octanol–water partition coefficient (Wildman–Crippen LogP) is 1.88. The smallest absolute Gasteiger partial charge is 0.241 e. The van der Waals surface area contributed by atoms with E-state index in [2.05, 4.69) is 15.1 Å². The number of rotatable bonds is 3. The van der Waals surface area contributed by atoms with Crippen molar-refractivity contribution in [3.05, 3.63) is 24.2 Å². The molecule has 0 aliphatic heterocycles. The maximum Gasteiger partial charge on any atom is 0.241 e. The zero-order valence-corrected chi connectivity index (χ0v) is 8.73. The quantitative estimate of drug-likeness (QED) is 0.747. The van der Waals surface area contributed by atoms with E-state index in [1.807, 2.05) is 0 Å². The van der Waals surface area contributed by atoms with Gasteiger partial charge in [0.25, 0.3) is 0 Å².